The van der Waals surface area contributed by atoms with E-state index in [4.69, 9.17) is 5.73 Å². The summed E-state index contributed by atoms with van der Waals surface area (Å²) in [6, 6.07) is 5.12. The highest BCUT2D eigenvalue weighted by atomic mass is 16.3. The van der Waals surface area contributed by atoms with Crippen molar-refractivity contribution >= 4 is 5.91 Å². The van der Waals surface area contributed by atoms with E-state index >= 15 is 0 Å². The summed E-state index contributed by atoms with van der Waals surface area (Å²) >= 11 is 0. The molecule has 0 radical (unpaired) electrons. The summed E-state index contributed by atoms with van der Waals surface area (Å²) in [4.78, 5) is 13.6. The fourth-order valence-corrected chi connectivity index (χ4v) is 1.53. The van der Waals surface area contributed by atoms with E-state index in [9.17, 15) is 9.90 Å². The zero-order valence-corrected chi connectivity index (χ0v) is 10.6. The van der Waals surface area contributed by atoms with Gasteiger partial charge in [-0.3, -0.25) is 4.79 Å². The predicted octanol–water partition coefficient (Wildman–Crippen LogP) is 1.51. The van der Waals surface area contributed by atoms with Gasteiger partial charge in [0.2, 0.25) is 0 Å². The van der Waals surface area contributed by atoms with Crippen LogP contribution in [0.2, 0.25) is 0 Å². The van der Waals surface area contributed by atoms with Crippen LogP contribution in [0, 0.1) is 6.92 Å². The first-order valence-electron chi connectivity index (χ1n) is 5.72. The molecule has 0 aliphatic rings. The van der Waals surface area contributed by atoms with Crippen molar-refractivity contribution in [3.63, 3.8) is 0 Å². The number of nitrogens with zero attached hydrogens (tertiary/aromatic N) is 1. The molecule has 1 amide bonds. The molecule has 3 N–H and O–H groups in total. The maximum absolute atomic E-state index is 12.0. The Morgan fingerprint density at radius 2 is 2.18 bits per heavy atom. The summed E-state index contributed by atoms with van der Waals surface area (Å²) in [5.41, 5.74) is 6.91. The first-order valence-corrected chi connectivity index (χ1v) is 5.72. The van der Waals surface area contributed by atoms with Gasteiger partial charge in [0.25, 0.3) is 5.91 Å². The van der Waals surface area contributed by atoms with Crippen LogP contribution in [0.3, 0.4) is 0 Å². The molecule has 0 heterocycles. The Labute approximate surface area is 102 Å². The van der Waals surface area contributed by atoms with E-state index in [0.717, 1.165) is 12.0 Å². The Balaban J connectivity index is 2.75. The lowest BCUT2D eigenvalue weighted by Gasteiger charge is -2.19. The number of rotatable bonds is 4. The van der Waals surface area contributed by atoms with Gasteiger partial charge >= 0.3 is 0 Å². The van der Waals surface area contributed by atoms with E-state index < -0.39 is 0 Å². The summed E-state index contributed by atoms with van der Waals surface area (Å²) in [5.74, 6) is -0.147. The van der Waals surface area contributed by atoms with Crippen molar-refractivity contribution in [2.45, 2.75) is 26.3 Å². The standard InChI is InChI=1S/C13H20N2O2/c1-9-4-5-11(12(16)8-9)13(17)15(3)7-6-10(2)14/h4-5,8,10,16H,6-7,14H2,1-3H3. The lowest BCUT2D eigenvalue weighted by Crippen LogP contribution is -2.31. The smallest absolute Gasteiger partial charge is 0.257 e. The zero-order valence-electron chi connectivity index (χ0n) is 10.6. The number of carbonyl (C=O) groups is 1. The summed E-state index contributed by atoms with van der Waals surface area (Å²) in [6.07, 6.45) is 0.745. The maximum Gasteiger partial charge on any atom is 0.257 e. The molecule has 94 valence electrons. The molecule has 17 heavy (non-hydrogen) atoms. The van der Waals surface area contributed by atoms with Gasteiger partial charge in [-0.2, -0.15) is 0 Å². The SMILES string of the molecule is Cc1ccc(C(=O)N(C)CCC(C)N)c(O)c1. The first kappa shape index (κ1) is 13.5. The number of nitrogens with two attached hydrogens (primary N) is 1. The average Bonchev–Trinajstić information content (AvgIpc) is 2.25. The summed E-state index contributed by atoms with van der Waals surface area (Å²) in [6.45, 7) is 4.36. The normalized spacial score (nSPS) is 12.2. The summed E-state index contributed by atoms with van der Waals surface area (Å²) in [5, 5.41) is 9.72. The second kappa shape index (κ2) is 5.68. The Morgan fingerprint density at radius 3 is 2.71 bits per heavy atom. The predicted molar refractivity (Wildman–Crippen MR) is 68.1 cm³/mol. The number of hydrogen-bond acceptors (Lipinski definition) is 3. The van der Waals surface area contributed by atoms with E-state index in [2.05, 4.69) is 0 Å². The van der Waals surface area contributed by atoms with Crippen LogP contribution in [0.5, 0.6) is 5.75 Å². The number of phenols is 1. The Kier molecular flexibility index (Phi) is 4.52. The fourth-order valence-electron chi connectivity index (χ4n) is 1.53. The number of hydrogen-bond donors (Lipinski definition) is 2. The van der Waals surface area contributed by atoms with Gasteiger partial charge in [0, 0.05) is 19.6 Å². The molecule has 4 heteroatoms. The highest BCUT2D eigenvalue weighted by Crippen LogP contribution is 2.19. The lowest BCUT2D eigenvalue weighted by molar-refractivity contribution is 0.0789. The molecule has 0 fully saturated rings. The minimum atomic E-state index is -0.178. The Bertz CT molecular complexity index is 402. The van der Waals surface area contributed by atoms with Crippen molar-refractivity contribution in [1.82, 2.24) is 4.90 Å². The highest BCUT2D eigenvalue weighted by molar-refractivity contribution is 5.96. The number of aromatic hydroxyl groups is 1. The zero-order chi connectivity index (χ0) is 13.0. The molecule has 0 aliphatic carbocycles. The number of phenolic OH excluding ortho intramolecular Hbond substituents is 1. The molecule has 1 aromatic rings. The summed E-state index contributed by atoms with van der Waals surface area (Å²) in [7, 11) is 1.71. The third-order valence-corrected chi connectivity index (χ3v) is 2.65. The highest BCUT2D eigenvalue weighted by Gasteiger charge is 2.15. The van der Waals surface area contributed by atoms with Crippen molar-refractivity contribution < 1.29 is 9.90 Å². The van der Waals surface area contributed by atoms with Gasteiger partial charge in [-0.1, -0.05) is 6.07 Å². The minimum Gasteiger partial charge on any atom is -0.507 e. The van der Waals surface area contributed by atoms with E-state index in [1.807, 2.05) is 19.9 Å². The number of benzene rings is 1. The number of aryl methyl sites for hydroxylation is 1. The maximum atomic E-state index is 12.0. The van der Waals surface area contributed by atoms with Crippen LogP contribution in [-0.4, -0.2) is 35.5 Å². The Morgan fingerprint density at radius 1 is 1.53 bits per heavy atom. The van der Waals surface area contributed by atoms with Crippen molar-refractivity contribution in [1.29, 1.82) is 0 Å². The molecule has 1 atom stereocenters. The monoisotopic (exact) mass is 236 g/mol. The molecule has 0 bridgehead atoms. The third kappa shape index (κ3) is 3.75. The van der Waals surface area contributed by atoms with Crippen LogP contribution >= 0.6 is 0 Å². The molecule has 1 rings (SSSR count). The van der Waals surface area contributed by atoms with E-state index in [1.165, 1.54) is 0 Å². The van der Waals surface area contributed by atoms with Crippen molar-refractivity contribution in [3.05, 3.63) is 29.3 Å². The van der Waals surface area contributed by atoms with Gasteiger partial charge in [-0.15, -0.1) is 0 Å². The Hall–Kier alpha value is -1.55. The second-order valence-electron chi connectivity index (χ2n) is 4.51. The van der Waals surface area contributed by atoms with Crippen LogP contribution in [0.15, 0.2) is 18.2 Å². The van der Waals surface area contributed by atoms with Gasteiger partial charge in [-0.05, 0) is 38.0 Å². The van der Waals surface area contributed by atoms with Crippen molar-refractivity contribution in [2.75, 3.05) is 13.6 Å². The summed E-state index contributed by atoms with van der Waals surface area (Å²) < 4.78 is 0. The van der Waals surface area contributed by atoms with E-state index in [1.54, 1.807) is 24.1 Å². The fraction of sp³-hybridized carbons (Fsp3) is 0.462. The van der Waals surface area contributed by atoms with Gasteiger partial charge in [0.05, 0.1) is 5.56 Å². The number of amides is 1. The molecule has 0 saturated carbocycles. The van der Waals surface area contributed by atoms with E-state index in [0.29, 0.717) is 12.1 Å². The molecule has 0 aromatic heterocycles. The molecule has 4 nitrogen and oxygen atoms in total. The molecule has 0 spiro atoms. The van der Waals surface area contributed by atoms with Crippen LogP contribution in [0.25, 0.3) is 0 Å². The quantitative estimate of drug-likeness (QED) is 0.832. The van der Waals surface area contributed by atoms with Crippen LogP contribution in [0.4, 0.5) is 0 Å². The largest absolute Gasteiger partial charge is 0.507 e. The topological polar surface area (TPSA) is 66.6 Å². The molecule has 0 aliphatic heterocycles. The molecule has 1 aromatic carbocycles. The van der Waals surface area contributed by atoms with Crippen molar-refractivity contribution in [3.8, 4) is 5.75 Å². The molecular weight excluding hydrogens is 216 g/mol. The van der Waals surface area contributed by atoms with Crippen LogP contribution < -0.4 is 5.73 Å². The molecule has 0 saturated heterocycles. The second-order valence-corrected chi connectivity index (χ2v) is 4.51. The third-order valence-electron chi connectivity index (χ3n) is 2.65. The van der Waals surface area contributed by atoms with E-state index in [-0.39, 0.29) is 17.7 Å². The molecular formula is C13H20N2O2. The van der Waals surface area contributed by atoms with Gasteiger partial charge in [0.1, 0.15) is 5.75 Å². The van der Waals surface area contributed by atoms with Crippen molar-refractivity contribution in [2.24, 2.45) is 5.73 Å². The number of carbonyl (C=O) groups excluding carboxylic acids is 1. The molecule has 1 unspecified atom stereocenters. The lowest BCUT2D eigenvalue weighted by atomic mass is 10.1. The average molecular weight is 236 g/mol. The van der Waals surface area contributed by atoms with Gasteiger partial charge < -0.3 is 15.7 Å². The van der Waals surface area contributed by atoms with Gasteiger partial charge in [-0.25, -0.2) is 0 Å². The van der Waals surface area contributed by atoms with Crippen LogP contribution in [0.1, 0.15) is 29.3 Å². The minimum absolute atomic E-state index is 0.0302. The first-order chi connectivity index (χ1) is 7.91. The van der Waals surface area contributed by atoms with Crippen LogP contribution in [-0.2, 0) is 0 Å². The van der Waals surface area contributed by atoms with Gasteiger partial charge in [0.15, 0.2) is 0 Å².